The average Bonchev–Trinajstić information content (AvgIpc) is 3.75. The molecule has 0 aromatic heterocycles. The van der Waals surface area contributed by atoms with E-state index in [1.807, 2.05) is 0 Å². The minimum Gasteiger partial charge on any atom is -0.462 e. The molecule has 0 rings (SSSR count). The summed E-state index contributed by atoms with van der Waals surface area (Å²) in [6.45, 7) is 4.06. The molecule has 5 nitrogen and oxygen atoms in total. The normalized spacial score (nSPS) is 12.9. The standard InChI is InChI=1S/C87H152O5/c1-3-5-7-9-11-13-15-17-19-21-23-25-27-29-31-33-35-37-39-41-43-45-47-49-51-53-55-57-59-61-63-65-67-69-71-73-75-77-79-81-86(89)91-84-85(83-88)92-87(90)82-80-78-76-74-72-70-68-66-64-62-60-58-56-54-52-50-48-46-44-42-40-38-36-34-32-30-28-26-24-22-20-18-16-14-12-10-8-6-4-2/h6,8,12,14,18,20-21,23-24,26,30,32,36,38,42,44,48,50,54,56,85,88H,3-5,7,9-11,13,15-17,19,22,25,27-29,31,33-35,37,39-41,43,45-47,49,51-53,55,57-84H2,1-2H3/b8-6-,14-12-,20-18-,23-21-,26-24-,32-30-,38-36-,44-42-,50-48-,56-54-. The van der Waals surface area contributed by atoms with Gasteiger partial charge in [-0.15, -0.1) is 0 Å². The first-order valence-corrected chi connectivity index (χ1v) is 40.1. The molecule has 0 aliphatic heterocycles. The van der Waals surface area contributed by atoms with Crippen LogP contribution in [0.2, 0.25) is 0 Å². The largest absolute Gasteiger partial charge is 0.462 e. The van der Waals surface area contributed by atoms with Crippen LogP contribution in [-0.2, 0) is 19.1 Å². The highest BCUT2D eigenvalue weighted by Crippen LogP contribution is 2.19. The number of hydrogen-bond acceptors (Lipinski definition) is 5. The lowest BCUT2D eigenvalue weighted by molar-refractivity contribution is -0.161. The maximum Gasteiger partial charge on any atom is 0.306 e. The van der Waals surface area contributed by atoms with Gasteiger partial charge in [-0.2, -0.15) is 0 Å². The Morgan fingerprint density at radius 2 is 0.467 bits per heavy atom. The number of aliphatic hydroxyl groups is 1. The molecule has 0 bridgehead atoms. The summed E-state index contributed by atoms with van der Waals surface area (Å²) < 4.78 is 10.8. The van der Waals surface area contributed by atoms with E-state index in [0.29, 0.717) is 12.8 Å². The quantitative estimate of drug-likeness (QED) is 0.0373. The van der Waals surface area contributed by atoms with Crippen molar-refractivity contribution in [2.45, 2.75) is 405 Å². The molecular weight excluding hydrogens is 1120 g/mol. The van der Waals surface area contributed by atoms with Crippen LogP contribution in [0.15, 0.2) is 122 Å². The van der Waals surface area contributed by atoms with Crippen LogP contribution in [0.5, 0.6) is 0 Å². The predicted molar refractivity (Wildman–Crippen MR) is 408 cm³/mol. The van der Waals surface area contributed by atoms with E-state index in [-0.39, 0.29) is 25.2 Å². The number of hydrogen-bond donors (Lipinski definition) is 1. The van der Waals surface area contributed by atoms with Crippen LogP contribution in [0.1, 0.15) is 399 Å². The number of carbonyl (C=O) groups excluding carboxylic acids is 2. The van der Waals surface area contributed by atoms with Crippen LogP contribution < -0.4 is 0 Å². The SMILES string of the molecule is CC/C=C\C/C=C\C/C=C\C/C=C\C/C=C\C/C=C\C/C=C\C/C=C\C/C=C\CCCCCCCCCCCCCC(=O)OC(CO)COC(=O)CCCCCCCCCCCCCCCCCCCCCCCCCCCCC/C=C\CCCCCCCCCC. The molecule has 0 amide bonds. The van der Waals surface area contributed by atoms with Crippen molar-refractivity contribution in [3.63, 3.8) is 0 Å². The van der Waals surface area contributed by atoms with E-state index in [1.54, 1.807) is 0 Å². The zero-order chi connectivity index (χ0) is 66.1. The lowest BCUT2D eigenvalue weighted by Gasteiger charge is -2.15. The molecule has 0 radical (unpaired) electrons. The maximum absolute atomic E-state index is 12.4. The van der Waals surface area contributed by atoms with E-state index in [0.717, 1.165) is 96.3 Å². The Balaban J connectivity index is 3.45. The molecule has 0 spiro atoms. The van der Waals surface area contributed by atoms with Crippen molar-refractivity contribution in [3.8, 4) is 0 Å². The Morgan fingerprint density at radius 1 is 0.261 bits per heavy atom. The van der Waals surface area contributed by atoms with E-state index in [2.05, 4.69) is 135 Å². The molecule has 0 fully saturated rings. The molecule has 1 unspecified atom stereocenters. The van der Waals surface area contributed by atoms with Crippen molar-refractivity contribution in [1.29, 1.82) is 0 Å². The van der Waals surface area contributed by atoms with Gasteiger partial charge in [-0.1, -0.05) is 399 Å². The highest BCUT2D eigenvalue weighted by atomic mass is 16.6. The minimum atomic E-state index is -0.781. The van der Waals surface area contributed by atoms with Gasteiger partial charge >= 0.3 is 11.9 Å². The first-order valence-electron chi connectivity index (χ1n) is 40.1. The van der Waals surface area contributed by atoms with Gasteiger partial charge < -0.3 is 14.6 Å². The Labute approximate surface area is 573 Å². The second-order valence-electron chi connectivity index (χ2n) is 26.8. The van der Waals surface area contributed by atoms with Crippen LogP contribution in [0.25, 0.3) is 0 Å². The fraction of sp³-hybridized carbons (Fsp3) is 0.747. The summed E-state index contributed by atoms with van der Waals surface area (Å²) in [6, 6.07) is 0. The Hall–Kier alpha value is -3.70. The first kappa shape index (κ1) is 88.3. The summed E-state index contributed by atoms with van der Waals surface area (Å²) in [5.74, 6) is -0.582. The molecule has 0 aliphatic carbocycles. The summed E-state index contributed by atoms with van der Waals surface area (Å²) in [5, 5.41) is 9.73. The van der Waals surface area contributed by atoms with Gasteiger partial charge in [0.15, 0.2) is 6.10 Å². The third kappa shape index (κ3) is 78.7. The van der Waals surface area contributed by atoms with Gasteiger partial charge in [-0.05, 0) is 109 Å². The van der Waals surface area contributed by atoms with Crippen molar-refractivity contribution in [2.24, 2.45) is 0 Å². The van der Waals surface area contributed by atoms with E-state index in [9.17, 15) is 14.7 Å². The Kier molecular flexibility index (Phi) is 78.3. The van der Waals surface area contributed by atoms with E-state index in [4.69, 9.17) is 9.47 Å². The minimum absolute atomic E-state index is 0.0679. The third-order valence-corrected chi connectivity index (χ3v) is 17.7. The first-order chi connectivity index (χ1) is 45.6. The predicted octanol–water partition coefficient (Wildman–Crippen LogP) is 28.4. The average molecular weight is 1280 g/mol. The molecular formula is C87H152O5. The van der Waals surface area contributed by atoms with Gasteiger partial charge in [0.1, 0.15) is 6.61 Å². The highest BCUT2D eigenvalue weighted by molar-refractivity contribution is 5.70. The fourth-order valence-corrected chi connectivity index (χ4v) is 11.8. The highest BCUT2D eigenvalue weighted by Gasteiger charge is 2.16. The van der Waals surface area contributed by atoms with Crippen molar-refractivity contribution < 1.29 is 24.2 Å². The molecule has 0 aromatic carbocycles. The molecule has 530 valence electrons. The van der Waals surface area contributed by atoms with Crippen LogP contribution in [0, 0.1) is 0 Å². The topological polar surface area (TPSA) is 72.8 Å². The van der Waals surface area contributed by atoms with Crippen LogP contribution in [-0.4, -0.2) is 36.4 Å². The number of carbonyl (C=O) groups is 2. The molecule has 0 aliphatic rings. The smallest absolute Gasteiger partial charge is 0.306 e. The summed E-state index contributed by atoms with van der Waals surface area (Å²) in [7, 11) is 0. The molecule has 0 heterocycles. The van der Waals surface area contributed by atoms with Crippen LogP contribution in [0.4, 0.5) is 0 Å². The van der Waals surface area contributed by atoms with Gasteiger partial charge in [0, 0.05) is 12.8 Å². The van der Waals surface area contributed by atoms with Crippen molar-refractivity contribution in [2.75, 3.05) is 13.2 Å². The number of allylic oxidation sites excluding steroid dienone is 20. The van der Waals surface area contributed by atoms with Gasteiger partial charge in [-0.3, -0.25) is 9.59 Å². The lowest BCUT2D eigenvalue weighted by Crippen LogP contribution is -2.28. The zero-order valence-corrected chi connectivity index (χ0v) is 61.0. The van der Waals surface area contributed by atoms with E-state index < -0.39 is 6.10 Å². The number of aliphatic hydroxyl groups excluding tert-OH is 1. The second kappa shape index (κ2) is 81.5. The maximum atomic E-state index is 12.4. The number of unbranched alkanes of at least 4 members (excludes halogenated alkanes) is 46. The van der Waals surface area contributed by atoms with E-state index in [1.165, 1.54) is 276 Å². The summed E-state index contributed by atoms with van der Waals surface area (Å²) in [5.41, 5.74) is 0. The molecule has 1 N–H and O–H groups in total. The van der Waals surface area contributed by atoms with E-state index >= 15 is 0 Å². The van der Waals surface area contributed by atoms with Gasteiger partial charge in [-0.25, -0.2) is 0 Å². The molecule has 0 saturated carbocycles. The van der Waals surface area contributed by atoms with Crippen molar-refractivity contribution in [1.82, 2.24) is 0 Å². The lowest BCUT2D eigenvalue weighted by atomic mass is 10.0. The molecule has 1 atom stereocenters. The van der Waals surface area contributed by atoms with Gasteiger partial charge in [0.25, 0.3) is 0 Å². The Morgan fingerprint density at radius 3 is 0.717 bits per heavy atom. The monoisotopic (exact) mass is 1280 g/mol. The molecule has 0 aromatic rings. The molecule has 0 saturated heterocycles. The summed E-state index contributed by atoms with van der Waals surface area (Å²) in [4.78, 5) is 24.7. The van der Waals surface area contributed by atoms with Crippen molar-refractivity contribution in [3.05, 3.63) is 122 Å². The van der Waals surface area contributed by atoms with Crippen molar-refractivity contribution >= 4 is 11.9 Å². The fourth-order valence-electron chi connectivity index (χ4n) is 11.8. The number of ether oxygens (including phenoxy) is 2. The molecule has 92 heavy (non-hydrogen) atoms. The summed E-state index contributed by atoms with van der Waals surface area (Å²) in [6.07, 6.45) is 120. The van der Waals surface area contributed by atoms with Gasteiger partial charge in [0.2, 0.25) is 0 Å². The Bertz CT molecular complexity index is 1790. The second-order valence-corrected chi connectivity index (χ2v) is 26.8. The van der Waals surface area contributed by atoms with Gasteiger partial charge in [0.05, 0.1) is 6.61 Å². The third-order valence-electron chi connectivity index (χ3n) is 17.7. The van der Waals surface area contributed by atoms with Crippen LogP contribution in [0.3, 0.4) is 0 Å². The number of rotatable bonds is 74. The van der Waals surface area contributed by atoms with Crippen LogP contribution >= 0.6 is 0 Å². The molecule has 5 heteroatoms. The number of esters is 2. The zero-order valence-electron chi connectivity index (χ0n) is 61.0. The summed E-state index contributed by atoms with van der Waals surface area (Å²) >= 11 is 0.